The van der Waals surface area contributed by atoms with Gasteiger partial charge in [-0.15, -0.1) is 0 Å². The molecule has 1 aliphatic heterocycles. The van der Waals surface area contributed by atoms with E-state index < -0.39 is 5.82 Å². The molecule has 0 atom stereocenters. The highest BCUT2D eigenvalue weighted by molar-refractivity contribution is 5.84. The Hall–Kier alpha value is -5.80. The van der Waals surface area contributed by atoms with Crippen LogP contribution >= 0.6 is 0 Å². The van der Waals surface area contributed by atoms with Crippen LogP contribution in [0.4, 0.5) is 10.2 Å². The van der Waals surface area contributed by atoms with Crippen molar-refractivity contribution in [1.82, 2.24) is 39.4 Å². The van der Waals surface area contributed by atoms with Crippen LogP contribution in [0.2, 0.25) is 0 Å². The number of fused-ring (bicyclic) bond motifs is 1. The van der Waals surface area contributed by atoms with Gasteiger partial charge in [0, 0.05) is 43.8 Å². The summed E-state index contributed by atoms with van der Waals surface area (Å²) in [5.74, 6) is 1.12. The molecule has 7 rings (SSSR count). The molecule has 0 amide bonds. The van der Waals surface area contributed by atoms with Gasteiger partial charge in [0.2, 0.25) is 11.7 Å². The van der Waals surface area contributed by atoms with Gasteiger partial charge in [-0.2, -0.15) is 10.2 Å². The molecule has 0 saturated carbocycles. The zero-order valence-corrected chi connectivity index (χ0v) is 26.1. The molecule has 1 aliphatic rings. The molecule has 1 saturated heterocycles. The largest absolute Gasteiger partial charge is 0.474 e. The number of likely N-dealkylation sites (tertiary alicyclic amines) is 1. The third kappa shape index (κ3) is 6.90. The van der Waals surface area contributed by atoms with Crippen molar-refractivity contribution in [3.8, 4) is 40.4 Å². The summed E-state index contributed by atoms with van der Waals surface area (Å²) in [6, 6.07) is 22.3. The molecule has 0 bridgehead atoms. The van der Waals surface area contributed by atoms with Gasteiger partial charge in [0.1, 0.15) is 29.3 Å². The normalized spacial score (nSPS) is 13.5. The second kappa shape index (κ2) is 14.1. The molecule has 0 radical (unpaired) electrons. The van der Waals surface area contributed by atoms with E-state index in [4.69, 9.17) is 25.7 Å². The Labute approximate surface area is 271 Å². The number of piperidine rings is 1. The standard InChI is InChI=1S/C33H27FN10O.C2H6/c34-22-5-8-26(39-19-22)27-9-10-28-33(40-27)44(32(41-28)25-2-1-14-38-31(25)36)23-6-3-21(4-7-23)20-43-16-12-24(13-17-43)45-30-11-15-37-29(18-35)42-30;1-2/h1-11,14-15,19,24H,12-13,16-17,20H2,(H2,36,38);1-2H3. The van der Waals surface area contributed by atoms with Gasteiger partial charge in [-0.25, -0.2) is 24.3 Å². The quantitative estimate of drug-likeness (QED) is 0.224. The van der Waals surface area contributed by atoms with E-state index in [-0.39, 0.29) is 11.9 Å². The van der Waals surface area contributed by atoms with Crippen LogP contribution in [0, 0.1) is 17.1 Å². The van der Waals surface area contributed by atoms with Gasteiger partial charge in [0.25, 0.3) is 0 Å². The van der Waals surface area contributed by atoms with Crippen LogP contribution in [-0.4, -0.2) is 58.6 Å². The lowest BCUT2D eigenvalue weighted by molar-refractivity contribution is 0.0930. The number of nitrogens with two attached hydrogens (primary N) is 1. The van der Waals surface area contributed by atoms with Crippen LogP contribution < -0.4 is 10.5 Å². The SMILES string of the molecule is CC.N#Cc1nccc(OC2CCN(Cc3ccc(-n4c(-c5cccnc5N)nc5ccc(-c6ccc(F)cn6)nc54)cc3)CC2)n1. The number of rotatable bonds is 7. The summed E-state index contributed by atoms with van der Waals surface area (Å²) in [7, 11) is 0. The zero-order valence-electron chi connectivity index (χ0n) is 26.1. The van der Waals surface area contributed by atoms with E-state index in [9.17, 15) is 4.39 Å². The summed E-state index contributed by atoms with van der Waals surface area (Å²) < 4.78 is 21.5. The fourth-order valence-corrected chi connectivity index (χ4v) is 5.49. The Balaban J connectivity index is 0.00000190. The lowest BCUT2D eigenvalue weighted by Gasteiger charge is -2.31. The summed E-state index contributed by atoms with van der Waals surface area (Å²) in [6.07, 6.45) is 6.12. The van der Waals surface area contributed by atoms with E-state index in [1.165, 1.54) is 17.8 Å². The second-order valence-corrected chi connectivity index (χ2v) is 10.7. The number of nitrogens with zero attached hydrogens (tertiary/aromatic N) is 9. The Morgan fingerprint density at radius 2 is 1.68 bits per heavy atom. The van der Waals surface area contributed by atoms with Crippen LogP contribution in [0.3, 0.4) is 0 Å². The minimum absolute atomic E-state index is 0.0421. The number of hydrogen-bond acceptors (Lipinski definition) is 10. The van der Waals surface area contributed by atoms with Gasteiger partial charge < -0.3 is 10.5 Å². The molecule has 1 aromatic carbocycles. The van der Waals surface area contributed by atoms with Crippen LogP contribution in [0.5, 0.6) is 5.88 Å². The molecule has 6 aromatic rings. The van der Waals surface area contributed by atoms with Gasteiger partial charge in [-0.1, -0.05) is 26.0 Å². The second-order valence-electron chi connectivity index (χ2n) is 10.7. The van der Waals surface area contributed by atoms with Crippen molar-refractivity contribution in [3.05, 3.63) is 103 Å². The van der Waals surface area contributed by atoms with E-state index in [2.05, 4.69) is 49.1 Å². The highest BCUT2D eigenvalue weighted by Crippen LogP contribution is 2.32. The molecule has 6 heterocycles. The summed E-state index contributed by atoms with van der Waals surface area (Å²) in [6.45, 7) is 6.55. The van der Waals surface area contributed by atoms with Gasteiger partial charge >= 0.3 is 0 Å². The van der Waals surface area contributed by atoms with Crippen LogP contribution in [0.15, 0.2) is 85.3 Å². The Morgan fingerprint density at radius 1 is 0.894 bits per heavy atom. The Kier molecular flexibility index (Phi) is 9.36. The van der Waals surface area contributed by atoms with Crippen molar-refractivity contribution in [2.75, 3.05) is 18.8 Å². The molecule has 2 N–H and O–H groups in total. The Bertz CT molecular complexity index is 2010. The fourth-order valence-electron chi connectivity index (χ4n) is 5.49. The topological polar surface area (TPSA) is 145 Å². The molecule has 0 unspecified atom stereocenters. The third-order valence-electron chi connectivity index (χ3n) is 7.73. The lowest BCUT2D eigenvalue weighted by Crippen LogP contribution is -2.37. The van der Waals surface area contributed by atoms with Crippen LogP contribution in [0.25, 0.3) is 39.6 Å². The smallest absolute Gasteiger partial charge is 0.235 e. The molecule has 12 heteroatoms. The first kappa shape index (κ1) is 31.2. The van der Waals surface area contributed by atoms with E-state index in [0.29, 0.717) is 45.6 Å². The third-order valence-corrected chi connectivity index (χ3v) is 7.73. The molecule has 1 fully saturated rings. The van der Waals surface area contributed by atoms with Crippen molar-refractivity contribution in [2.45, 2.75) is 39.3 Å². The van der Waals surface area contributed by atoms with Crippen LogP contribution in [-0.2, 0) is 6.54 Å². The first-order valence-corrected chi connectivity index (χ1v) is 15.5. The maximum absolute atomic E-state index is 13.5. The number of hydrogen-bond donors (Lipinski definition) is 1. The zero-order chi connectivity index (χ0) is 32.8. The number of ether oxygens (including phenoxy) is 1. The molecular weight excluding hydrogens is 595 g/mol. The number of aromatic nitrogens is 7. The van der Waals surface area contributed by atoms with E-state index in [0.717, 1.165) is 38.2 Å². The first-order valence-electron chi connectivity index (χ1n) is 15.5. The van der Waals surface area contributed by atoms with Crippen molar-refractivity contribution in [3.63, 3.8) is 0 Å². The monoisotopic (exact) mass is 628 g/mol. The lowest BCUT2D eigenvalue weighted by atomic mass is 10.1. The number of pyridine rings is 3. The Morgan fingerprint density at radius 3 is 2.40 bits per heavy atom. The molecule has 11 nitrogen and oxygen atoms in total. The van der Waals surface area contributed by atoms with E-state index in [1.807, 2.05) is 48.7 Å². The minimum atomic E-state index is -0.408. The summed E-state index contributed by atoms with van der Waals surface area (Å²) in [5, 5.41) is 9.03. The van der Waals surface area contributed by atoms with Crippen molar-refractivity contribution in [2.24, 2.45) is 0 Å². The number of benzene rings is 1. The molecule has 0 spiro atoms. The number of anilines is 1. The van der Waals surface area contributed by atoms with Crippen LogP contribution in [0.1, 0.15) is 38.1 Å². The summed E-state index contributed by atoms with van der Waals surface area (Å²) in [4.78, 5) is 28.7. The average Bonchev–Trinajstić information content (AvgIpc) is 3.49. The number of halogens is 1. The van der Waals surface area contributed by atoms with Gasteiger partial charge in [-0.3, -0.25) is 14.5 Å². The van der Waals surface area contributed by atoms with Gasteiger partial charge in [0.05, 0.1) is 23.1 Å². The summed E-state index contributed by atoms with van der Waals surface area (Å²) in [5.41, 5.74) is 11.5. The minimum Gasteiger partial charge on any atom is -0.474 e. The fraction of sp³-hybridized carbons (Fsp3) is 0.229. The highest BCUT2D eigenvalue weighted by atomic mass is 19.1. The van der Waals surface area contributed by atoms with Crippen molar-refractivity contribution in [1.29, 1.82) is 5.26 Å². The maximum atomic E-state index is 13.5. The van der Waals surface area contributed by atoms with Crippen molar-refractivity contribution >= 4 is 17.0 Å². The molecule has 5 aromatic heterocycles. The molecule has 0 aliphatic carbocycles. The maximum Gasteiger partial charge on any atom is 0.235 e. The molecule has 236 valence electrons. The van der Waals surface area contributed by atoms with E-state index >= 15 is 0 Å². The number of imidazole rings is 1. The van der Waals surface area contributed by atoms with Gasteiger partial charge in [-0.05, 0) is 66.9 Å². The highest BCUT2D eigenvalue weighted by Gasteiger charge is 2.22. The van der Waals surface area contributed by atoms with Crippen molar-refractivity contribution < 1.29 is 9.13 Å². The van der Waals surface area contributed by atoms with Gasteiger partial charge in [0.15, 0.2) is 11.5 Å². The molecular formula is C35H33FN10O. The predicted octanol–water partition coefficient (Wildman–Crippen LogP) is 6.00. The number of nitriles is 1. The average molecular weight is 629 g/mol. The molecule has 47 heavy (non-hydrogen) atoms. The number of nitrogen functional groups attached to an aromatic ring is 1. The predicted molar refractivity (Wildman–Crippen MR) is 177 cm³/mol. The first-order chi connectivity index (χ1) is 23.0. The van der Waals surface area contributed by atoms with E-state index in [1.54, 1.807) is 24.5 Å². The summed E-state index contributed by atoms with van der Waals surface area (Å²) >= 11 is 0.